The lowest BCUT2D eigenvalue weighted by Gasteiger charge is -2.05. The van der Waals surface area contributed by atoms with Crippen LogP contribution in [-0.4, -0.2) is 23.0 Å². The van der Waals surface area contributed by atoms with Crippen molar-refractivity contribution in [2.24, 2.45) is 0 Å². The zero-order valence-corrected chi connectivity index (χ0v) is 10.7. The summed E-state index contributed by atoms with van der Waals surface area (Å²) in [5.41, 5.74) is -0.280. The lowest BCUT2D eigenvalue weighted by molar-refractivity contribution is 0.102. The number of pyridine rings is 2. The van der Waals surface area contributed by atoms with Gasteiger partial charge in [-0.05, 0) is 12.1 Å². The zero-order chi connectivity index (χ0) is 13.8. The molecule has 0 saturated heterocycles. The molecule has 2 heterocycles. The second-order valence-electron chi connectivity index (χ2n) is 3.59. The number of aromatic nitrogens is 2. The Morgan fingerprint density at radius 1 is 1.47 bits per heavy atom. The van der Waals surface area contributed by atoms with Gasteiger partial charge in [-0.2, -0.15) is 0 Å². The van der Waals surface area contributed by atoms with Crippen LogP contribution in [-0.2, 0) is 0 Å². The van der Waals surface area contributed by atoms with Crippen LogP contribution in [0.15, 0.2) is 35.4 Å². The molecule has 0 fully saturated rings. The van der Waals surface area contributed by atoms with Gasteiger partial charge in [0.25, 0.3) is 5.91 Å². The van der Waals surface area contributed by atoms with E-state index in [0.717, 1.165) is 6.07 Å². The summed E-state index contributed by atoms with van der Waals surface area (Å²) < 4.78 is 4.81. The van der Waals surface area contributed by atoms with Gasteiger partial charge in [0.2, 0.25) is 5.43 Å². The number of hydrogen-bond donors (Lipinski definition) is 2. The highest BCUT2D eigenvalue weighted by molar-refractivity contribution is 6.30. The Morgan fingerprint density at radius 3 is 2.89 bits per heavy atom. The number of anilines is 1. The standard InChI is InChI=1S/C12H10ClN3O3/c1-19-10-6-15-8(5-9(10)17)12(18)16-11-4-7(13)2-3-14-11/h2-6H,1H3,(H,15,17)(H,14,16,18). The molecule has 1 amide bonds. The maximum Gasteiger partial charge on any atom is 0.273 e. The molecule has 0 atom stereocenters. The molecule has 2 aromatic rings. The monoisotopic (exact) mass is 279 g/mol. The van der Waals surface area contributed by atoms with Gasteiger partial charge in [-0.1, -0.05) is 11.6 Å². The molecule has 0 aliphatic heterocycles. The molecule has 2 aromatic heterocycles. The highest BCUT2D eigenvalue weighted by Crippen LogP contribution is 2.12. The quantitative estimate of drug-likeness (QED) is 0.895. The Kier molecular flexibility index (Phi) is 3.82. The van der Waals surface area contributed by atoms with Crippen LogP contribution in [0.5, 0.6) is 5.75 Å². The molecule has 0 aromatic carbocycles. The fourth-order valence-electron chi connectivity index (χ4n) is 1.41. The number of methoxy groups -OCH3 is 1. The molecule has 0 saturated carbocycles. The van der Waals surface area contributed by atoms with Crippen molar-refractivity contribution in [3.63, 3.8) is 0 Å². The lowest BCUT2D eigenvalue weighted by atomic mass is 10.3. The second kappa shape index (κ2) is 5.53. The Balaban J connectivity index is 2.21. The SMILES string of the molecule is COc1c[nH]c(C(=O)Nc2cc(Cl)ccn2)cc1=O. The minimum absolute atomic E-state index is 0.104. The predicted octanol–water partition coefficient (Wildman–Crippen LogP) is 1.68. The maximum atomic E-state index is 11.9. The van der Waals surface area contributed by atoms with Crippen molar-refractivity contribution >= 4 is 23.3 Å². The smallest absolute Gasteiger partial charge is 0.273 e. The van der Waals surface area contributed by atoms with Crippen LogP contribution in [0.4, 0.5) is 5.82 Å². The van der Waals surface area contributed by atoms with Gasteiger partial charge < -0.3 is 15.0 Å². The second-order valence-corrected chi connectivity index (χ2v) is 4.03. The largest absolute Gasteiger partial charge is 0.491 e. The van der Waals surface area contributed by atoms with Crippen LogP contribution in [0.2, 0.25) is 5.02 Å². The maximum absolute atomic E-state index is 11.9. The molecular weight excluding hydrogens is 270 g/mol. The van der Waals surface area contributed by atoms with E-state index in [1.165, 1.54) is 25.6 Å². The van der Waals surface area contributed by atoms with Crippen LogP contribution < -0.4 is 15.5 Å². The number of H-pyrrole nitrogens is 1. The number of amides is 1. The summed E-state index contributed by atoms with van der Waals surface area (Å²) >= 11 is 5.77. The molecule has 19 heavy (non-hydrogen) atoms. The number of nitrogens with one attached hydrogen (secondary N) is 2. The van der Waals surface area contributed by atoms with E-state index < -0.39 is 5.91 Å². The first-order valence-corrected chi connectivity index (χ1v) is 5.67. The average Bonchev–Trinajstić information content (AvgIpc) is 2.38. The molecule has 0 unspecified atom stereocenters. The van der Waals surface area contributed by atoms with Crippen molar-refractivity contribution in [1.82, 2.24) is 9.97 Å². The fourth-order valence-corrected chi connectivity index (χ4v) is 1.57. The third kappa shape index (κ3) is 3.11. The van der Waals surface area contributed by atoms with Gasteiger partial charge in [0.1, 0.15) is 11.5 Å². The summed E-state index contributed by atoms with van der Waals surface area (Å²) in [6.07, 6.45) is 2.79. The molecule has 6 nitrogen and oxygen atoms in total. The third-order valence-corrected chi connectivity index (χ3v) is 2.54. The van der Waals surface area contributed by atoms with Crippen LogP contribution in [0.25, 0.3) is 0 Å². The number of halogens is 1. The number of carbonyl (C=O) groups is 1. The number of nitrogens with zero attached hydrogens (tertiary/aromatic N) is 1. The van der Waals surface area contributed by atoms with Crippen LogP contribution in [0, 0.1) is 0 Å². The number of hydrogen-bond acceptors (Lipinski definition) is 4. The van der Waals surface area contributed by atoms with E-state index in [-0.39, 0.29) is 16.9 Å². The Bertz CT molecular complexity index is 669. The average molecular weight is 280 g/mol. The molecule has 7 heteroatoms. The van der Waals surface area contributed by atoms with E-state index in [2.05, 4.69) is 15.3 Å². The number of aromatic amines is 1. The fraction of sp³-hybridized carbons (Fsp3) is 0.0833. The van der Waals surface area contributed by atoms with E-state index in [1.54, 1.807) is 6.07 Å². The summed E-state index contributed by atoms with van der Waals surface area (Å²) in [6, 6.07) is 4.24. The van der Waals surface area contributed by atoms with Gasteiger partial charge >= 0.3 is 0 Å². The minimum atomic E-state index is -0.491. The molecule has 0 spiro atoms. The van der Waals surface area contributed by atoms with Crippen molar-refractivity contribution in [2.45, 2.75) is 0 Å². The van der Waals surface area contributed by atoms with Crippen LogP contribution in [0.3, 0.4) is 0 Å². The molecule has 0 radical (unpaired) electrons. The summed E-state index contributed by atoms with van der Waals surface area (Å²) in [6.45, 7) is 0. The van der Waals surface area contributed by atoms with Crippen LogP contribution >= 0.6 is 11.6 Å². The molecule has 0 aliphatic rings. The van der Waals surface area contributed by atoms with Crippen molar-refractivity contribution in [1.29, 1.82) is 0 Å². The minimum Gasteiger partial charge on any atom is -0.491 e. The topological polar surface area (TPSA) is 84.1 Å². The molecular formula is C12H10ClN3O3. The first-order valence-electron chi connectivity index (χ1n) is 5.30. The van der Waals surface area contributed by atoms with E-state index in [4.69, 9.17) is 16.3 Å². The van der Waals surface area contributed by atoms with E-state index in [9.17, 15) is 9.59 Å². The van der Waals surface area contributed by atoms with Crippen LogP contribution in [0.1, 0.15) is 10.5 Å². The van der Waals surface area contributed by atoms with E-state index in [1.807, 2.05) is 0 Å². The van der Waals surface area contributed by atoms with Gasteiger partial charge in [0.05, 0.1) is 7.11 Å². The third-order valence-electron chi connectivity index (χ3n) is 2.31. The summed E-state index contributed by atoms with van der Waals surface area (Å²) in [5, 5.41) is 2.97. The molecule has 0 bridgehead atoms. The van der Waals surface area contributed by atoms with Crippen molar-refractivity contribution in [3.8, 4) is 5.75 Å². The van der Waals surface area contributed by atoms with Crippen molar-refractivity contribution < 1.29 is 9.53 Å². The van der Waals surface area contributed by atoms with Gasteiger partial charge in [-0.3, -0.25) is 9.59 Å². The number of carbonyl (C=O) groups excluding carboxylic acids is 1. The molecule has 0 aliphatic carbocycles. The van der Waals surface area contributed by atoms with Crippen molar-refractivity contribution in [2.75, 3.05) is 12.4 Å². The summed E-state index contributed by atoms with van der Waals surface area (Å²) in [4.78, 5) is 30.0. The molecule has 98 valence electrons. The zero-order valence-electron chi connectivity index (χ0n) is 9.94. The van der Waals surface area contributed by atoms with Gasteiger partial charge in [-0.25, -0.2) is 4.98 Å². The van der Waals surface area contributed by atoms with E-state index >= 15 is 0 Å². The molecule has 2 rings (SSSR count). The normalized spacial score (nSPS) is 10.0. The Hall–Kier alpha value is -2.34. The van der Waals surface area contributed by atoms with Crippen molar-refractivity contribution in [3.05, 3.63) is 51.5 Å². The van der Waals surface area contributed by atoms with Gasteiger partial charge in [0.15, 0.2) is 5.75 Å². The number of ether oxygens (including phenoxy) is 1. The highest BCUT2D eigenvalue weighted by atomic mass is 35.5. The first-order chi connectivity index (χ1) is 9.10. The molecule has 2 N–H and O–H groups in total. The summed E-state index contributed by atoms with van der Waals surface area (Å²) in [7, 11) is 1.38. The summed E-state index contributed by atoms with van der Waals surface area (Å²) in [5.74, 6) is -0.0545. The lowest BCUT2D eigenvalue weighted by Crippen LogP contribution is -2.17. The highest BCUT2D eigenvalue weighted by Gasteiger charge is 2.10. The van der Waals surface area contributed by atoms with Gasteiger partial charge in [-0.15, -0.1) is 0 Å². The predicted molar refractivity (Wildman–Crippen MR) is 70.8 cm³/mol. The Labute approximate surface area is 113 Å². The van der Waals surface area contributed by atoms with Gasteiger partial charge in [0, 0.05) is 23.5 Å². The Morgan fingerprint density at radius 2 is 2.26 bits per heavy atom. The van der Waals surface area contributed by atoms with E-state index in [0.29, 0.717) is 10.8 Å². The number of rotatable bonds is 3. The first kappa shape index (κ1) is 13.1.